The number of benzene rings is 3. The zero-order chi connectivity index (χ0) is 15.0. The summed E-state index contributed by atoms with van der Waals surface area (Å²) in [7, 11) is -4.05. The van der Waals surface area contributed by atoms with Gasteiger partial charge in [-0.1, -0.05) is 36.4 Å². The lowest BCUT2D eigenvalue weighted by Crippen LogP contribution is -2.05. The van der Waals surface area contributed by atoms with E-state index in [2.05, 4.69) is 0 Å². The van der Waals surface area contributed by atoms with E-state index in [0.29, 0.717) is 11.5 Å². The highest BCUT2D eigenvalue weighted by Crippen LogP contribution is 2.29. The van der Waals surface area contributed by atoms with E-state index in [9.17, 15) is 17.2 Å². The second-order valence-electron chi connectivity index (χ2n) is 4.56. The molecule has 0 bridgehead atoms. The average Bonchev–Trinajstić information content (AvgIpc) is 2.46. The van der Waals surface area contributed by atoms with Gasteiger partial charge in [0.25, 0.3) is 0 Å². The highest BCUT2D eigenvalue weighted by Gasteiger charge is 2.23. The Morgan fingerprint density at radius 3 is 2.24 bits per heavy atom. The molecule has 0 aliphatic rings. The van der Waals surface area contributed by atoms with Crippen molar-refractivity contribution < 1.29 is 17.2 Å². The molecule has 0 saturated heterocycles. The molecular weight excluding hydrogens is 294 g/mol. The van der Waals surface area contributed by atoms with Crippen molar-refractivity contribution >= 4 is 20.6 Å². The van der Waals surface area contributed by atoms with Crippen molar-refractivity contribution in [1.82, 2.24) is 0 Å². The van der Waals surface area contributed by atoms with E-state index in [1.165, 1.54) is 6.07 Å². The molecule has 0 N–H and O–H groups in total. The van der Waals surface area contributed by atoms with Crippen LogP contribution in [0.1, 0.15) is 0 Å². The van der Waals surface area contributed by atoms with Crippen molar-refractivity contribution in [2.24, 2.45) is 0 Å². The zero-order valence-corrected chi connectivity index (χ0v) is 11.6. The maximum Gasteiger partial charge on any atom is 0.210 e. The van der Waals surface area contributed by atoms with Crippen LogP contribution in [0.15, 0.2) is 70.5 Å². The molecule has 0 atom stereocenters. The highest BCUT2D eigenvalue weighted by molar-refractivity contribution is 7.91. The van der Waals surface area contributed by atoms with Crippen molar-refractivity contribution in [2.75, 3.05) is 0 Å². The molecule has 21 heavy (non-hydrogen) atoms. The number of fused-ring (bicyclic) bond motifs is 1. The Morgan fingerprint density at radius 2 is 1.48 bits per heavy atom. The van der Waals surface area contributed by atoms with Crippen LogP contribution in [0.3, 0.4) is 0 Å². The SMILES string of the molecule is O=S(=O)(c1ccc(F)cc1F)c1cccc2ccccc12. The maximum absolute atomic E-state index is 13.8. The monoisotopic (exact) mass is 304 g/mol. The summed E-state index contributed by atoms with van der Waals surface area (Å²) in [5, 5.41) is 1.24. The zero-order valence-electron chi connectivity index (χ0n) is 10.8. The second kappa shape index (κ2) is 4.93. The minimum absolute atomic E-state index is 0.00566. The minimum atomic E-state index is -4.05. The Balaban J connectivity index is 2.30. The van der Waals surface area contributed by atoms with Crippen molar-refractivity contribution in [1.29, 1.82) is 0 Å². The van der Waals surface area contributed by atoms with Gasteiger partial charge in [0.15, 0.2) is 0 Å². The Hall–Kier alpha value is -2.27. The third-order valence-corrected chi connectivity index (χ3v) is 5.07. The van der Waals surface area contributed by atoms with Gasteiger partial charge in [0.2, 0.25) is 9.84 Å². The summed E-state index contributed by atoms with van der Waals surface area (Å²) in [6, 6.07) is 14.2. The molecule has 3 aromatic carbocycles. The van der Waals surface area contributed by atoms with Crippen molar-refractivity contribution in [3.63, 3.8) is 0 Å². The lowest BCUT2D eigenvalue weighted by Gasteiger charge is -2.09. The Kier molecular flexibility index (Phi) is 3.22. The minimum Gasteiger partial charge on any atom is -0.218 e. The van der Waals surface area contributed by atoms with Gasteiger partial charge in [-0.2, -0.15) is 0 Å². The lowest BCUT2D eigenvalue weighted by atomic mass is 10.1. The van der Waals surface area contributed by atoms with E-state index in [4.69, 9.17) is 0 Å². The molecule has 0 aliphatic carbocycles. The quantitative estimate of drug-likeness (QED) is 0.672. The van der Waals surface area contributed by atoms with Gasteiger partial charge in [0.05, 0.1) is 4.90 Å². The van der Waals surface area contributed by atoms with Crippen LogP contribution in [-0.4, -0.2) is 8.42 Å². The van der Waals surface area contributed by atoms with Gasteiger partial charge in [-0.3, -0.25) is 0 Å². The van der Waals surface area contributed by atoms with Crippen molar-refractivity contribution in [3.8, 4) is 0 Å². The molecule has 0 heterocycles. The molecule has 0 spiro atoms. The Labute approximate surface area is 120 Å². The van der Waals surface area contributed by atoms with Crippen molar-refractivity contribution in [2.45, 2.75) is 9.79 Å². The van der Waals surface area contributed by atoms with Gasteiger partial charge in [-0.15, -0.1) is 0 Å². The van der Waals surface area contributed by atoms with E-state index in [1.807, 2.05) is 0 Å². The molecule has 0 aromatic heterocycles. The van der Waals surface area contributed by atoms with Gasteiger partial charge < -0.3 is 0 Å². The second-order valence-corrected chi connectivity index (χ2v) is 6.44. The first-order valence-electron chi connectivity index (χ1n) is 6.18. The summed E-state index contributed by atoms with van der Waals surface area (Å²) in [6.07, 6.45) is 0. The van der Waals surface area contributed by atoms with Crippen LogP contribution in [0.2, 0.25) is 0 Å². The van der Waals surface area contributed by atoms with Gasteiger partial charge in [-0.05, 0) is 23.6 Å². The summed E-state index contributed by atoms with van der Waals surface area (Å²) < 4.78 is 52.0. The van der Waals surface area contributed by atoms with Crippen LogP contribution < -0.4 is 0 Å². The molecular formula is C16H10F2O2S. The predicted octanol–water partition coefficient (Wildman–Crippen LogP) is 3.95. The van der Waals surface area contributed by atoms with Gasteiger partial charge in [0, 0.05) is 11.5 Å². The third kappa shape index (κ3) is 2.29. The Bertz CT molecular complexity index is 929. The fourth-order valence-corrected chi connectivity index (χ4v) is 3.77. The number of rotatable bonds is 2. The molecule has 106 valence electrons. The first-order chi connectivity index (χ1) is 10.00. The molecule has 0 saturated carbocycles. The van der Waals surface area contributed by atoms with Crippen LogP contribution in [0.4, 0.5) is 8.78 Å². The lowest BCUT2D eigenvalue weighted by molar-refractivity contribution is 0.549. The molecule has 0 fully saturated rings. The van der Waals surface area contributed by atoms with Gasteiger partial charge in [-0.25, -0.2) is 17.2 Å². The maximum atomic E-state index is 13.8. The van der Waals surface area contributed by atoms with E-state index in [0.717, 1.165) is 17.5 Å². The first-order valence-corrected chi connectivity index (χ1v) is 7.66. The van der Waals surface area contributed by atoms with Crippen LogP contribution in [-0.2, 0) is 9.84 Å². The molecule has 0 aliphatic heterocycles. The largest absolute Gasteiger partial charge is 0.218 e. The average molecular weight is 304 g/mol. The predicted molar refractivity (Wildman–Crippen MR) is 75.8 cm³/mol. The first kappa shape index (κ1) is 13.7. The number of hydrogen-bond donors (Lipinski definition) is 0. The highest BCUT2D eigenvalue weighted by atomic mass is 32.2. The molecule has 3 aromatic rings. The topological polar surface area (TPSA) is 34.1 Å². The number of halogens is 2. The van der Waals surface area contributed by atoms with Gasteiger partial charge in [0.1, 0.15) is 16.5 Å². The van der Waals surface area contributed by atoms with E-state index in [1.54, 1.807) is 36.4 Å². The van der Waals surface area contributed by atoms with Crippen LogP contribution in [0, 0.1) is 11.6 Å². The molecule has 0 unspecified atom stereocenters. The molecule has 0 amide bonds. The molecule has 3 rings (SSSR count). The van der Waals surface area contributed by atoms with E-state index in [-0.39, 0.29) is 4.90 Å². The van der Waals surface area contributed by atoms with Crippen LogP contribution >= 0.6 is 0 Å². The van der Waals surface area contributed by atoms with Crippen LogP contribution in [0.5, 0.6) is 0 Å². The summed E-state index contributed by atoms with van der Waals surface area (Å²) in [5.41, 5.74) is 0. The summed E-state index contributed by atoms with van der Waals surface area (Å²) in [4.78, 5) is -0.522. The molecule has 0 radical (unpaired) electrons. The normalized spacial score (nSPS) is 11.7. The van der Waals surface area contributed by atoms with E-state index < -0.39 is 26.4 Å². The van der Waals surface area contributed by atoms with E-state index >= 15 is 0 Å². The fraction of sp³-hybridized carbons (Fsp3) is 0. The number of hydrogen-bond acceptors (Lipinski definition) is 2. The summed E-state index contributed by atoms with van der Waals surface area (Å²) in [6.45, 7) is 0. The smallest absolute Gasteiger partial charge is 0.210 e. The van der Waals surface area contributed by atoms with Crippen LogP contribution in [0.25, 0.3) is 10.8 Å². The number of sulfone groups is 1. The Morgan fingerprint density at radius 1 is 0.762 bits per heavy atom. The third-order valence-electron chi connectivity index (χ3n) is 3.22. The fourth-order valence-electron chi connectivity index (χ4n) is 2.24. The van der Waals surface area contributed by atoms with Crippen molar-refractivity contribution in [3.05, 3.63) is 72.3 Å². The standard InChI is InChI=1S/C16H10F2O2S/c17-12-8-9-16(14(18)10-12)21(19,20)15-7-3-5-11-4-1-2-6-13(11)15/h1-10H. The molecule has 5 heteroatoms. The van der Waals surface area contributed by atoms with Gasteiger partial charge >= 0.3 is 0 Å². The summed E-state index contributed by atoms with van der Waals surface area (Å²) >= 11 is 0. The summed E-state index contributed by atoms with van der Waals surface area (Å²) in [5.74, 6) is -1.91. The molecule has 2 nitrogen and oxygen atoms in total.